The molecule has 2 N–H and O–H groups in total. The van der Waals surface area contributed by atoms with E-state index in [9.17, 15) is 15.0 Å². The van der Waals surface area contributed by atoms with E-state index in [4.69, 9.17) is 9.47 Å². The molecule has 4 aliphatic carbocycles. The SMILES string of the molecule is C=C.CC#C[C@]1(O)CC[C@H]2[C@@H]3CC[C@@]4(O)CC(=O)CC[C@@H]4C3=C(c3ccc(N(C)C)cc3)C[C@@]21C.CCOC(C)OCC. The molecule has 0 bridgehead atoms. The second-order valence-electron chi connectivity index (χ2n) is 12.9. The van der Waals surface area contributed by atoms with Crippen LogP contribution in [0.25, 0.3) is 5.57 Å². The van der Waals surface area contributed by atoms with Crippen molar-refractivity contribution >= 4 is 17.0 Å². The second-order valence-corrected chi connectivity index (χ2v) is 12.9. The fraction of sp³-hybridized carbons (Fsp3) is 0.649. The molecule has 6 heteroatoms. The summed E-state index contributed by atoms with van der Waals surface area (Å²) in [6.07, 6.45) is 5.53. The first-order chi connectivity index (χ1) is 20.4. The second kappa shape index (κ2) is 14.6. The minimum atomic E-state index is -0.983. The number of allylic oxidation sites excluding steroid dienone is 1. The molecule has 0 saturated heterocycles. The summed E-state index contributed by atoms with van der Waals surface area (Å²) in [7, 11) is 4.09. The summed E-state index contributed by atoms with van der Waals surface area (Å²) in [5, 5.41) is 23.4. The molecule has 3 saturated carbocycles. The monoisotopic (exact) mass is 593 g/mol. The van der Waals surface area contributed by atoms with Crippen LogP contribution in [0, 0.1) is 35.0 Å². The Kier molecular flexibility index (Phi) is 11.9. The predicted molar refractivity (Wildman–Crippen MR) is 176 cm³/mol. The Hall–Kier alpha value is -2.43. The molecule has 5 rings (SSSR count). The van der Waals surface area contributed by atoms with Gasteiger partial charge in [-0.05, 0) is 101 Å². The van der Waals surface area contributed by atoms with Gasteiger partial charge in [-0.2, -0.15) is 0 Å². The van der Waals surface area contributed by atoms with Crippen molar-refractivity contribution < 1.29 is 24.5 Å². The highest BCUT2D eigenvalue weighted by Gasteiger charge is 2.63. The third-order valence-electron chi connectivity index (χ3n) is 10.4. The van der Waals surface area contributed by atoms with Crippen molar-refractivity contribution in [3.05, 3.63) is 48.6 Å². The Bertz CT molecular complexity index is 1190. The number of Topliss-reactive ketones (excluding diaryl/α,β-unsaturated/α-hetero) is 1. The highest BCUT2D eigenvalue weighted by molar-refractivity contribution is 5.82. The van der Waals surface area contributed by atoms with Crippen LogP contribution in [0.3, 0.4) is 0 Å². The zero-order chi connectivity index (χ0) is 32.0. The third-order valence-corrected chi connectivity index (χ3v) is 10.4. The smallest absolute Gasteiger partial charge is 0.154 e. The normalized spacial score (nSPS) is 32.6. The van der Waals surface area contributed by atoms with Gasteiger partial charge in [0.15, 0.2) is 6.29 Å². The number of ether oxygens (including phenoxy) is 2. The van der Waals surface area contributed by atoms with Crippen molar-refractivity contribution in [1.29, 1.82) is 0 Å². The summed E-state index contributed by atoms with van der Waals surface area (Å²) >= 11 is 0. The van der Waals surface area contributed by atoms with Gasteiger partial charge in [-0.1, -0.05) is 30.6 Å². The summed E-state index contributed by atoms with van der Waals surface area (Å²) in [5.74, 6) is 7.13. The average molecular weight is 594 g/mol. The van der Waals surface area contributed by atoms with Crippen molar-refractivity contribution in [2.24, 2.45) is 23.2 Å². The molecular weight excluding hydrogens is 538 g/mol. The number of carbonyl (C=O) groups excluding carboxylic acids is 1. The van der Waals surface area contributed by atoms with E-state index in [1.807, 2.05) is 41.8 Å². The van der Waals surface area contributed by atoms with Crippen LogP contribution in [0.1, 0.15) is 91.5 Å². The van der Waals surface area contributed by atoms with Crippen molar-refractivity contribution in [3.8, 4) is 11.8 Å². The number of benzene rings is 1. The van der Waals surface area contributed by atoms with Crippen LogP contribution in [0.15, 0.2) is 43.0 Å². The molecule has 3 fully saturated rings. The highest BCUT2D eigenvalue weighted by Crippen LogP contribution is 2.66. The van der Waals surface area contributed by atoms with E-state index in [2.05, 4.69) is 61.1 Å². The van der Waals surface area contributed by atoms with E-state index in [-0.39, 0.29) is 29.8 Å². The van der Waals surface area contributed by atoms with Gasteiger partial charge in [0.1, 0.15) is 11.4 Å². The van der Waals surface area contributed by atoms with Crippen molar-refractivity contribution in [1.82, 2.24) is 0 Å². The van der Waals surface area contributed by atoms with Crippen LogP contribution in [0.4, 0.5) is 5.69 Å². The van der Waals surface area contributed by atoms with Gasteiger partial charge in [-0.3, -0.25) is 4.79 Å². The van der Waals surface area contributed by atoms with Gasteiger partial charge < -0.3 is 24.6 Å². The van der Waals surface area contributed by atoms with Gasteiger partial charge in [-0.25, -0.2) is 0 Å². The number of carbonyl (C=O) groups is 1. The summed E-state index contributed by atoms with van der Waals surface area (Å²) in [4.78, 5) is 14.4. The van der Waals surface area contributed by atoms with E-state index in [0.717, 1.165) is 44.6 Å². The molecule has 0 aliphatic heterocycles. The Morgan fingerprint density at radius 3 is 2.21 bits per heavy atom. The van der Waals surface area contributed by atoms with Gasteiger partial charge in [0, 0.05) is 57.2 Å². The van der Waals surface area contributed by atoms with Gasteiger partial charge >= 0.3 is 0 Å². The Labute approximate surface area is 260 Å². The zero-order valence-electron chi connectivity index (χ0n) is 27.7. The standard InChI is InChI=1S/C29H37NO3.C6H14O2.C2H4/c1-5-14-29(33)16-13-24-22-12-15-28(32)17-21(31)10-11-25(28)26(22)23(18-27(24,29)2)19-6-8-20(9-7-19)30(3)4;1-4-7-6(3)8-5-2;1-2/h6-9,22,24-25,32-33H,10-13,15-18H2,1-4H3;6H,4-5H2,1-3H3;1-2H2/t22-,24-,25+,27-,28+,29-;;/m0../s1. The predicted octanol–water partition coefficient (Wildman–Crippen LogP) is 6.80. The van der Waals surface area contributed by atoms with Crippen molar-refractivity contribution in [2.75, 3.05) is 32.2 Å². The minimum Gasteiger partial charge on any atom is -0.389 e. The van der Waals surface area contributed by atoms with Gasteiger partial charge in [-0.15, -0.1) is 19.1 Å². The maximum absolute atomic E-state index is 12.3. The first-order valence-electron chi connectivity index (χ1n) is 16.1. The largest absolute Gasteiger partial charge is 0.389 e. The van der Waals surface area contributed by atoms with E-state index in [1.54, 1.807) is 0 Å². The first kappa shape index (κ1) is 35.1. The van der Waals surface area contributed by atoms with Gasteiger partial charge in [0.2, 0.25) is 0 Å². The molecule has 0 unspecified atom stereocenters. The zero-order valence-corrected chi connectivity index (χ0v) is 27.7. The first-order valence-corrected chi connectivity index (χ1v) is 16.1. The number of ketones is 1. The molecule has 0 heterocycles. The molecule has 0 radical (unpaired) electrons. The number of hydrogen-bond donors (Lipinski definition) is 2. The van der Waals surface area contributed by atoms with Crippen LogP contribution < -0.4 is 4.90 Å². The molecule has 1 aromatic rings. The van der Waals surface area contributed by atoms with Crippen LogP contribution in [0.5, 0.6) is 0 Å². The molecule has 6 atom stereocenters. The molecular formula is C37H55NO5. The molecule has 0 spiro atoms. The van der Waals surface area contributed by atoms with Crippen LogP contribution in [-0.2, 0) is 14.3 Å². The van der Waals surface area contributed by atoms with E-state index in [0.29, 0.717) is 31.1 Å². The molecule has 0 aromatic heterocycles. The number of fused-ring (bicyclic) bond motifs is 5. The topological polar surface area (TPSA) is 79.2 Å². The maximum Gasteiger partial charge on any atom is 0.154 e. The lowest BCUT2D eigenvalue weighted by Crippen LogP contribution is -2.55. The summed E-state index contributed by atoms with van der Waals surface area (Å²) in [6, 6.07) is 8.69. The highest BCUT2D eigenvalue weighted by atomic mass is 16.7. The van der Waals surface area contributed by atoms with E-state index < -0.39 is 11.2 Å². The molecule has 4 aliphatic rings. The van der Waals surface area contributed by atoms with Crippen LogP contribution in [-0.4, -0.2) is 60.8 Å². The maximum atomic E-state index is 12.3. The number of aliphatic hydroxyl groups is 2. The van der Waals surface area contributed by atoms with Crippen LogP contribution >= 0.6 is 0 Å². The Morgan fingerprint density at radius 2 is 1.65 bits per heavy atom. The van der Waals surface area contributed by atoms with Crippen LogP contribution in [0.2, 0.25) is 0 Å². The fourth-order valence-corrected chi connectivity index (χ4v) is 8.33. The molecule has 0 amide bonds. The fourth-order valence-electron chi connectivity index (χ4n) is 8.33. The molecule has 43 heavy (non-hydrogen) atoms. The summed E-state index contributed by atoms with van der Waals surface area (Å²) in [6.45, 7) is 17.3. The lowest BCUT2D eigenvalue weighted by molar-refractivity contribution is -0.136. The molecule has 6 nitrogen and oxygen atoms in total. The van der Waals surface area contributed by atoms with Gasteiger partial charge in [0.05, 0.1) is 5.60 Å². The lowest BCUT2D eigenvalue weighted by atomic mass is 9.50. The number of anilines is 1. The minimum absolute atomic E-state index is 0.0352. The number of nitrogens with zero attached hydrogens (tertiary/aromatic N) is 1. The average Bonchev–Trinajstić information content (AvgIpc) is 3.23. The third kappa shape index (κ3) is 6.96. The van der Waals surface area contributed by atoms with E-state index >= 15 is 0 Å². The quantitative estimate of drug-likeness (QED) is 0.215. The molecule has 1 aromatic carbocycles. The summed E-state index contributed by atoms with van der Waals surface area (Å²) < 4.78 is 10.1. The number of rotatable bonds is 6. The molecule has 238 valence electrons. The summed E-state index contributed by atoms with van der Waals surface area (Å²) in [5.41, 5.74) is 2.77. The van der Waals surface area contributed by atoms with Gasteiger partial charge in [0.25, 0.3) is 0 Å². The number of hydrogen-bond acceptors (Lipinski definition) is 6. The van der Waals surface area contributed by atoms with E-state index in [1.165, 1.54) is 16.7 Å². The van der Waals surface area contributed by atoms with Crippen molar-refractivity contribution in [2.45, 2.75) is 103 Å². The lowest BCUT2D eigenvalue weighted by Gasteiger charge is -2.56. The van der Waals surface area contributed by atoms with Crippen molar-refractivity contribution in [3.63, 3.8) is 0 Å². The Balaban J connectivity index is 0.000000441. The Morgan fingerprint density at radius 1 is 1.02 bits per heavy atom.